The Kier molecular flexibility index (Phi) is 5.76. The Hall–Kier alpha value is -1.89. The van der Waals surface area contributed by atoms with Crippen LogP contribution in [0.3, 0.4) is 0 Å². The molecule has 3 aliphatic heterocycles. The van der Waals surface area contributed by atoms with E-state index in [1.165, 1.54) is 0 Å². The minimum absolute atomic E-state index is 0.0463. The first-order valence-electron chi connectivity index (χ1n) is 10.5. The van der Waals surface area contributed by atoms with Crippen molar-refractivity contribution in [3.05, 3.63) is 18.0 Å². The molecule has 0 aromatic carbocycles. The zero-order valence-corrected chi connectivity index (χ0v) is 16.1. The lowest BCUT2D eigenvalue weighted by atomic mass is 9.95. The molecule has 3 saturated heterocycles. The minimum Gasteiger partial charge on any atom is -0.342 e. The summed E-state index contributed by atoms with van der Waals surface area (Å²) in [5.41, 5.74) is 0.560. The number of nitrogens with one attached hydrogen (secondary N) is 1. The largest absolute Gasteiger partial charge is 0.342 e. The van der Waals surface area contributed by atoms with Crippen molar-refractivity contribution in [2.24, 2.45) is 5.92 Å². The smallest absolute Gasteiger partial charge is 0.274 e. The fourth-order valence-corrected chi connectivity index (χ4v) is 4.56. The molecule has 1 N–H and O–H groups in total. The van der Waals surface area contributed by atoms with Gasteiger partial charge in [0, 0.05) is 45.3 Å². The molecule has 148 valence electrons. The van der Waals surface area contributed by atoms with Crippen LogP contribution in [-0.4, -0.2) is 70.7 Å². The van der Waals surface area contributed by atoms with Gasteiger partial charge >= 0.3 is 0 Å². The van der Waals surface area contributed by atoms with Crippen LogP contribution in [0, 0.1) is 5.92 Å². The van der Waals surface area contributed by atoms with Crippen molar-refractivity contribution in [3.8, 4) is 0 Å². The van der Waals surface area contributed by atoms with E-state index in [1.54, 1.807) is 0 Å². The molecule has 1 aromatic heterocycles. The molecule has 3 aliphatic rings. The van der Waals surface area contributed by atoms with Gasteiger partial charge in [-0.2, -0.15) is 5.10 Å². The van der Waals surface area contributed by atoms with Crippen LogP contribution < -0.4 is 5.32 Å². The van der Waals surface area contributed by atoms with Gasteiger partial charge in [0.15, 0.2) is 0 Å². The van der Waals surface area contributed by atoms with Gasteiger partial charge in [-0.1, -0.05) is 0 Å². The third-order valence-corrected chi connectivity index (χ3v) is 6.27. The quantitative estimate of drug-likeness (QED) is 0.872. The monoisotopic (exact) mass is 373 g/mol. The summed E-state index contributed by atoms with van der Waals surface area (Å²) in [6.45, 7) is 5.31. The van der Waals surface area contributed by atoms with Crippen LogP contribution in [-0.2, 0) is 4.79 Å². The van der Waals surface area contributed by atoms with Gasteiger partial charge in [-0.25, -0.2) is 0 Å². The standard InChI is InChI=1S/C20H31N5O2/c26-19-5-1-2-10-24(19)15-16-6-11-23(12-7-16)20(27)18-8-13-25(22-18)17-4-3-9-21-14-17/h8,13,16-17,21H,1-7,9-12,14-15H2. The van der Waals surface area contributed by atoms with Crippen molar-refractivity contribution in [1.29, 1.82) is 0 Å². The van der Waals surface area contributed by atoms with E-state index < -0.39 is 0 Å². The maximum Gasteiger partial charge on any atom is 0.274 e. The van der Waals surface area contributed by atoms with Crippen LogP contribution >= 0.6 is 0 Å². The van der Waals surface area contributed by atoms with Gasteiger partial charge < -0.3 is 15.1 Å². The van der Waals surface area contributed by atoms with E-state index in [1.807, 2.05) is 26.7 Å². The number of hydrogen-bond donors (Lipinski definition) is 1. The average Bonchev–Trinajstić information content (AvgIpc) is 3.21. The number of piperidine rings is 3. The van der Waals surface area contributed by atoms with Gasteiger partial charge in [0.2, 0.25) is 5.91 Å². The summed E-state index contributed by atoms with van der Waals surface area (Å²) in [6.07, 6.45) is 9.03. The third kappa shape index (κ3) is 4.34. The van der Waals surface area contributed by atoms with Crippen LogP contribution in [0.25, 0.3) is 0 Å². The van der Waals surface area contributed by atoms with Gasteiger partial charge in [-0.15, -0.1) is 0 Å². The van der Waals surface area contributed by atoms with Crippen LogP contribution in [0.2, 0.25) is 0 Å². The highest BCUT2D eigenvalue weighted by Gasteiger charge is 2.28. The number of hydrogen-bond acceptors (Lipinski definition) is 4. The Balaban J connectivity index is 1.28. The fraction of sp³-hybridized carbons (Fsp3) is 0.750. The molecule has 4 rings (SSSR count). The van der Waals surface area contributed by atoms with Gasteiger partial charge in [-0.3, -0.25) is 14.3 Å². The lowest BCUT2D eigenvalue weighted by molar-refractivity contribution is -0.134. The Morgan fingerprint density at radius 3 is 2.74 bits per heavy atom. The number of carbonyl (C=O) groups is 2. The Labute approximate surface area is 161 Å². The van der Waals surface area contributed by atoms with Crippen molar-refractivity contribution in [3.63, 3.8) is 0 Å². The summed E-state index contributed by atoms with van der Waals surface area (Å²) in [7, 11) is 0. The lowest BCUT2D eigenvalue weighted by Crippen LogP contribution is -2.44. The normalized spacial score (nSPS) is 25.0. The Bertz CT molecular complexity index is 659. The molecule has 3 fully saturated rings. The van der Waals surface area contributed by atoms with Crippen molar-refractivity contribution in [1.82, 2.24) is 24.9 Å². The number of amides is 2. The summed E-state index contributed by atoms with van der Waals surface area (Å²) >= 11 is 0. The van der Waals surface area contributed by atoms with E-state index in [0.29, 0.717) is 30.0 Å². The van der Waals surface area contributed by atoms with Crippen molar-refractivity contribution >= 4 is 11.8 Å². The van der Waals surface area contributed by atoms with E-state index in [2.05, 4.69) is 10.4 Å². The van der Waals surface area contributed by atoms with E-state index in [-0.39, 0.29) is 5.91 Å². The molecule has 1 aromatic rings. The molecule has 0 saturated carbocycles. The van der Waals surface area contributed by atoms with Gasteiger partial charge in [0.25, 0.3) is 5.91 Å². The number of likely N-dealkylation sites (tertiary alicyclic amines) is 2. The summed E-state index contributed by atoms with van der Waals surface area (Å²) in [5.74, 6) is 0.870. The van der Waals surface area contributed by atoms with E-state index in [9.17, 15) is 9.59 Å². The molecule has 7 heteroatoms. The molecular weight excluding hydrogens is 342 g/mol. The highest BCUT2D eigenvalue weighted by atomic mass is 16.2. The van der Waals surface area contributed by atoms with Gasteiger partial charge in [-0.05, 0) is 57.1 Å². The van der Waals surface area contributed by atoms with Crippen LogP contribution in [0.15, 0.2) is 12.3 Å². The molecule has 2 amide bonds. The second kappa shape index (κ2) is 8.42. The number of nitrogens with zero attached hydrogens (tertiary/aromatic N) is 4. The molecule has 4 heterocycles. The molecular formula is C20H31N5O2. The lowest BCUT2D eigenvalue weighted by Gasteiger charge is -2.36. The average molecular weight is 374 g/mol. The number of aromatic nitrogens is 2. The van der Waals surface area contributed by atoms with E-state index in [0.717, 1.165) is 77.8 Å². The molecule has 7 nitrogen and oxygen atoms in total. The first-order valence-corrected chi connectivity index (χ1v) is 10.5. The summed E-state index contributed by atoms with van der Waals surface area (Å²) in [4.78, 5) is 28.8. The van der Waals surface area contributed by atoms with Crippen LogP contribution in [0.1, 0.15) is 61.5 Å². The van der Waals surface area contributed by atoms with Crippen LogP contribution in [0.5, 0.6) is 0 Å². The molecule has 1 unspecified atom stereocenters. The summed E-state index contributed by atoms with van der Waals surface area (Å²) in [6, 6.07) is 2.21. The maximum absolute atomic E-state index is 12.8. The van der Waals surface area contributed by atoms with Gasteiger partial charge in [0.1, 0.15) is 5.69 Å². The second-order valence-corrected chi connectivity index (χ2v) is 8.21. The van der Waals surface area contributed by atoms with Crippen molar-refractivity contribution in [2.75, 3.05) is 39.3 Å². The SMILES string of the molecule is O=C1CCCCN1CC1CCN(C(=O)c2ccn(C3CCCNC3)n2)CC1. The first kappa shape index (κ1) is 18.5. The Morgan fingerprint density at radius 1 is 1.15 bits per heavy atom. The first-order chi connectivity index (χ1) is 13.2. The van der Waals surface area contributed by atoms with Gasteiger partial charge in [0.05, 0.1) is 6.04 Å². The fourth-order valence-electron chi connectivity index (χ4n) is 4.56. The van der Waals surface area contributed by atoms with E-state index in [4.69, 9.17) is 0 Å². The predicted molar refractivity (Wildman–Crippen MR) is 102 cm³/mol. The van der Waals surface area contributed by atoms with Crippen molar-refractivity contribution < 1.29 is 9.59 Å². The summed E-state index contributed by atoms with van der Waals surface area (Å²) in [5, 5.41) is 7.96. The topological polar surface area (TPSA) is 70.5 Å². The third-order valence-electron chi connectivity index (χ3n) is 6.27. The van der Waals surface area contributed by atoms with Crippen molar-refractivity contribution in [2.45, 2.75) is 51.0 Å². The second-order valence-electron chi connectivity index (χ2n) is 8.21. The molecule has 0 aliphatic carbocycles. The molecule has 0 bridgehead atoms. The Morgan fingerprint density at radius 2 is 2.00 bits per heavy atom. The molecule has 0 spiro atoms. The zero-order valence-electron chi connectivity index (χ0n) is 16.1. The van der Waals surface area contributed by atoms with E-state index >= 15 is 0 Å². The number of rotatable bonds is 4. The van der Waals surface area contributed by atoms with Crippen LogP contribution in [0.4, 0.5) is 0 Å². The highest BCUT2D eigenvalue weighted by molar-refractivity contribution is 5.92. The molecule has 1 atom stereocenters. The maximum atomic E-state index is 12.8. The highest BCUT2D eigenvalue weighted by Crippen LogP contribution is 2.22. The molecule has 27 heavy (non-hydrogen) atoms. The molecule has 0 radical (unpaired) electrons. The number of carbonyl (C=O) groups excluding carboxylic acids is 2. The summed E-state index contributed by atoms with van der Waals surface area (Å²) < 4.78 is 1.95. The minimum atomic E-state index is 0.0463. The predicted octanol–water partition coefficient (Wildman–Crippen LogP) is 1.67. The zero-order chi connectivity index (χ0) is 18.6.